The van der Waals surface area contributed by atoms with E-state index in [4.69, 9.17) is 17.0 Å². The molecule has 0 bridgehead atoms. The van der Waals surface area contributed by atoms with Gasteiger partial charge in [0.2, 0.25) is 0 Å². The van der Waals surface area contributed by atoms with Crippen molar-refractivity contribution in [2.75, 3.05) is 13.7 Å². The first kappa shape index (κ1) is 17.4. The Morgan fingerprint density at radius 3 is 2.81 bits per heavy atom. The van der Waals surface area contributed by atoms with Crippen molar-refractivity contribution in [2.45, 2.75) is 19.1 Å². The number of hydrazone groups is 1. The molecule has 0 radical (unpaired) electrons. The van der Waals surface area contributed by atoms with Crippen LogP contribution in [0.2, 0.25) is 0 Å². The molecule has 1 aromatic carbocycles. The Morgan fingerprint density at radius 1 is 1.48 bits per heavy atom. The van der Waals surface area contributed by atoms with Crippen molar-refractivity contribution in [3.63, 3.8) is 0 Å². The lowest BCUT2D eigenvalue weighted by molar-refractivity contribution is -0.137. The van der Waals surface area contributed by atoms with Gasteiger partial charge in [0, 0.05) is 13.2 Å². The highest BCUT2D eigenvalue weighted by molar-refractivity contribution is 7.80. The van der Waals surface area contributed by atoms with Crippen LogP contribution in [0.25, 0.3) is 0 Å². The fourth-order valence-corrected chi connectivity index (χ4v) is 1.76. The van der Waals surface area contributed by atoms with E-state index in [9.17, 15) is 13.2 Å². The minimum Gasteiger partial charge on any atom is -0.383 e. The van der Waals surface area contributed by atoms with Crippen molar-refractivity contribution in [1.29, 1.82) is 0 Å². The summed E-state index contributed by atoms with van der Waals surface area (Å²) in [7, 11) is 1.57. The molecule has 0 aliphatic carbocycles. The molecule has 0 saturated carbocycles. The average molecular weight is 319 g/mol. The molecule has 1 rings (SSSR count). The highest BCUT2D eigenvalue weighted by Gasteiger charge is 2.30. The predicted molar refractivity (Wildman–Crippen MR) is 79.2 cm³/mol. The molecule has 21 heavy (non-hydrogen) atoms. The second-order valence-corrected chi connectivity index (χ2v) is 4.73. The van der Waals surface area contributed by atoms with Crippen LogP contribution in [0.15, 0.2) is 29.4 Å². The van der Waals surface area contributed by atoms with Gasteiger partial charge in [0.25, 0.3) is 0 Å². The molecule has 0 heterocycles. The fourth-order valence-electron chi connectivity index (χ4n) is 1.51. The monoisotopic (exact) mass is 319 g/mol. The molecular weight excluding hydrogens is 303 g/mol. The number of benzene rings is 1. The topological polar surface area (TPSA) is 45.6 Å². The maximum atomic E-state index is 12.5. The number of alkyl halides is 3. The highest BCUT2D eigenvalue weighted by atomic mass is 32.1. The fraction of sp³-hybridized carbons (Fsp3) is 0.385. The van der Waals surface area contributed by atoms with Gasteiger partial charge in [-0.2, -0.15) is 18.3 Å². The molecule has 0 amide bonds. The van der Waals surface area contributed by atoms with Crippen molar-refractivity contribution in [2.24, 2.45) is 5.10 Å². The second-order valence-electron chi connectivity index (χ2n) is 4.32. The van der Waals surface area contributed by atoms with Crippen LogP contribution in [-0.4, -0.2) is 31.1 Å². The Kier molecular flexibility index (Phi) is 6.57. The molecule has 0 unspecified atom stereocenters. The summed E-state index contributed by atoms with van der Waals surface area (Å²) in [6.45, 7) is 2.34. The maximum Gasteiger partial charge on any atom is 0.416 e. The molecule has 116 valence electrons. The van der Waals surface area contributed by atoms with Gasteiger partial charge in [-0.25, -0.2) is 0 Å². The van der Waals surface area contributed by atoms with E-state index in [0.717, 1.165) is 12.1 Å². The van der Waals surface area contributed by atoms with Gasteiger partial charge in [0.15, 0.2) is 5.11 Å². The summed E-state index contributed by atoms with van der Waals surface area (Å²) >= 11 is 4.97. The van der Waals surface area contributed by atoms with E-state index in [2.05, 4.69) is 15.8 Å². The Bertz CT molecular complexity index is 506. The standard InChI is InChI=1S/C13H16F3N3OS/c1-9(8-20-2)18-12(21)19-17-7-10-4-3-5-11(6-10)13(14,15)16/h3-7,9H,8H2,1-2H3,(H2,18,19,21)/b17-7-/t9-/m0/s1. The van der Waals surface area contributed by atoms with Crippen LogP contribution in [-0.2, 0) is 10.9 Å². The smallest absolute Gasteiger partial charge is 0.383 e. The van der Waals surface area contributed by atoms with E-state index in [1.807, 2.05) is 6.92 Å². The summed E-state index contributed by atoms with van der Waals surface area (Å²) in [4.78, 5) is 0. The molecule has 0 fully saturated rings. The maximum absolute atomic E-state index is 12.5. The van der Waals surface area contributed by atoms with E-state index < -0.39 is 11.7 Å². The number of hydrogen-bond donors (Lipinski definition) is 2. The number of halogens is 3. The van der Waals surface area contributed by atoms with Crippen LogP contribution in [0.1, 0.15) is 18.1 Å². The summed E-state index contributed by atoms with van der Waals surface area (Å²) in [6, 6.07) is 4.85. The number of thiocarbonyl (C=S) groups is 1. The predicted octanol–water partition coefficient (Wildman–Crippen LogP) is 2.54. The number of ether oxygens (including phenoxy) is 1. The van der Waals surface area contributed by atoms with Crippen LogP contribution >= 0.6 is 12.2 Å². The number of nitrogens with zero attached hydrogens (tertiary/aromatic N) is 1. The third kappa shape index (κ3) is 6.54. The minimum absolute atomic E-state index is 0.00115. The van der Waals surface area contributed by atoms with Gasteiger partial charge in [0.05, 0.1) is 18.4 Å². The van der Waals surface area contributed by atoms with Crippen molar-refractivity contribution < 1.29 is 17.9 Å². The van der Waals surface area contributed by atoms with Gasteiger partial charge in [-0.15, -0.1) is 0 Å². The van der Waals surface area contributed by atoms with Crippen LogP contribution < -0.4 is 10.7 Å². The van der Waals surface area contributed by atoms with E-state index >= 15 is 0 Å². The molecule has 0 aromatic heterocycles. The van der Waals surface area contributed by atoms with Crippen molar-refractivity contribution in [3.05, 3.63) is 35.4 Å². The first-order valence-corrected chi connectivity index (χ1v) is 6.49. The van der Waals surface area contributed by atoms with Gasteiger partial charge >= 0.3 is 6.18 Å². The van der Waals surface area contributed by atoms with E-state index in [-0.39, 0.29) is 11.2 Å². The normalized spacial score (nSPS) is 13.2. The molecule has 0 aliphatic rings. The summed E-state index contributed by atoms with van der Waals surface area (Å²) < 4.78 is 42.5. The van der Waals surface area contributed by atoms with Gasteiger partial charge in [-0.3, -0.25) is 5.43 Å². The van der Waals surface area contributed by atoms with E-state index in [0.29, 0.717) is 12.2 Å². The van der Waals surface area contributed by atoms with E-state index in [1.165, 1.54) is 18.3 Å². The summed E-state index contributed by atoms with van der Waals surface area (Å²) in [6.07, 6.45) is -3.10. The molecule has 0 saturated heterocycles. The van der Waals surface area contributed by atoms with Gasteiger partial charge in [0.1, 0.15) is 0 Å². The van der Waals surface area contributed by atoms with Gasteiger partial charge in [-0.05, 0) is 36.8 Å². The van der Waals surface area contributed by atoms with Gasteiger partial charge in [-0.1, -0.05) is 12.1 Å². The summed E-state index contributed by atoms with van der Waals surface area (Å²) in [5, 5.41) is 6.96. The lowest BCUT2D eigenvalue weighted by Gasteiger charge is -2.13. The highest BCUT2D eigenvalue weighted by Crippen LogP contribution is 2.29. The Labute approximate surface area is 126 Å². The largest absolute Gasteiger partial charge is 0.416 e. The molecule has 1 aromatic rings. The Balaban J connectivity index is 2.56. The molecule has 4 nitrogen and oxygen atoms in total. The van der Waals surface area contributed by atoms with Crippen LogP contribution in [0.3, 0.4) is 0 Å². The van der Waals surface area contributed by atoms with Crippen molar-refractivity contribution >= 4 is 23.5 Å². The summed E-state index contributed by atoms with van der Waals surface area (Å²) in [5.41, 5.74) is 2.13. The lowest BCUT2D eigenvalue weighted by Crippen LogP contribution is -2.40. The molecule has 2 N–H and O–H groups in total. The lowest BCUT2D eigenvalue weighted by atomic mass is 10.1. The molecule has 8 heteroatoms. The van der Waals surface area contributed by atoms with Crippen LogP contribution in [0.4, 0.5) is 13.2 Å². The molecule has 0 aliphatic heterocycles. The Morgan fingerprint density at radius 2 is 2.19 bits per heavy atom. The Hall–Kier alpha value is -1.67. The third-order valence-corrected chi connectivity index (χ3v) is 2.60. The van der Waals surface area contributed by atoms with Crippen LogP contribution in [0.5, 0.6) is 0 Å². The zero-order valence-electron chi connectivity index (χ0n) is 11.6. The third-order valence-electron chi connectivity index (χ3n) is 2.39. The number of methoxy groups -OCH3 is 1. The minimum atomic E-state index is -4.37. The van der Waals surface area contributed by atoms with Crippen molar-refractivity contribution in [1.82, 2.24) is 10.7 Å². The quantitative estimate of drug-likeness (QED) is 0.497. The van der Waals surface area contributed by atoms with Crippen LogP contribution in [0, 0.1) is 0 Å². The van der Waals surface area contributed by atoms with Crippen molar-refractivity contribution in [3.8, 4) is 0 Å². The number of nitrogens with one attached hydrogen (secondary N) is 2. The molecular formula is C13H16F3N3OS. The van der Waals surface area contributed by atoms with Gasteiger partial charge < -0.3 is 10.1 Å². The zero-order chi connectivity index (χ0) is 15.9. The number of hydrogen-bond acceptors (Lipinski definition) is 3. The zero-order valence-corrected chi connectivity index (χ0v) is 12.4. The second kappa shape index (κ2) is 7.94. The first-order chi connectivity index (χ1) is 9.82. The number of rotatable bonds is 5. The SMILES string of the molecule is COC[C@H](C)NC(=S)N/N=C\c1cccc(C(F)(F)F)c1. The average Bonchev–Trinajstić information content (AvgIpc) is 2.38. The summed E-state index contributed by atoms with van der Waals surface area (Å²) in [5.74, 6) is 0. The molecule has 1 atom stereocenters. The first-order valence-electron chi connectivity index (χ1n) is 6.08. The van der Waals surface area contributed by atoms with E-state index in [1.54, 1.807) is 7.11 Å². The molecule has 0 spiro atoms.